The highest BCUT2D eigenvalue weighted by molar-refractivity contribution is 5.50. The van der Waals surface area contributed by atoms with Crippen molar-refractivity contribution in [2.24, 2.45) is 0 Å². The molecule has 0 saturated heterocycles. The van der Waals surface area contributed by atoms with Crippen molar-refractivity contribution in [1.82, 2.24) is 9.38 Å². The molecular weight excluding hydrogens is 255 g/mol. The van der Waals surface area contributed by atoms with Crippen LogP contribution in [0.5, 0.6) is 0 Å². The Balaban J connectivity index is 2.08. The lowest BCUT2D eigenvalue weighted by molar-refractivity contribution is 0.277. The van der Waals surface area contributed by atoms with Crippen LogP contribution in [0.2, 0.25) is 0 Å². The van der Waals surface area contributed by atoms with Gasteiger partial charge in [0.2, 0.25) is 0 Å². The van der Waals surface area contributed by atoms with Crippen LogP contribution >= 0.6 is 0 Å². The van der Waals surface area contributed by atoms with Gasteiger partial charge in [-0.05, 0) is 42.3 Å². The highest BCUT2D eigenvalue weighted by Gasteiger charge is 2.08. The molecular formula is C16H11FN2O. The maximum Gasteiger partial charge on any atom is 0.138 e. The molecule has 0 aliphatic heterocycles. The van der Waals surface area contributed by atoms with Gasteiger partial charge in [-0.1, -0.05) is 12.0 Å². The number of benzene rings is 1. The van der Waals surface area contributed by atoms with Gasteiger partial charge in [-0.15, -0.1) is 0 Å². The van der Waals surface area contributed by atoms with E-state index in [0.717, 1.165) is 5.65 Å². The highest BCUT2D eigenvalue weighted by atomic mass is 19.1. The minimum Gasteiger partial charge on any atom is -0.390 e. The van der Waals surface area contributed by atoms with Gasteiger partial charge in [0.15, 0.2) is 0 Å². The van der Waals surface area contributed by atoms with E-state index >= 15 is 0 Å². The fourth-order valence-electron chi connectivity index (χ4n) is 1.95. The van der Waals surface area contributed by atoms with Crippen LogP contribution in [0.15, 0.2) is 48.7 Å². The standard InChI is InChI=1S/C16H11FN2O/c17-13-7-4-12(5-8-13)6-9-15-14(11-20)18-16-3-1-2-10-19(15)16/h1-5,7-8,10,20H,11H2. The Morgan fingerprint density at radius 1 is 1.10 bits per heavy atom. The number of aromatic nitrogens is 2. The van der Waals surface area contributed by atoms with E-state index in [1.165, 1.54) is 12.1 Å². The summed E-state index contributed by atoms with van der Waals surface area (Å²) in [5.41, 5.74) is 2.62. The number of imidazole rings is 1. The molecule has 0 radical (unpaired) electrons. The Bertz CT molecular complexity index is 810. The van der Waals surface area contributed by atoms with Crippen LogP contribution in [0.4, 0.5) is 4.39 Å². The van der Waals surface area contributed by atoms with E-state index in [4.69, 9.17) is 0 Å². The van der Waals surface area contributed by atoms with Gasteiger partial charge in [0.05, 0.1) is 6.61 Å². The Morgan fingerprint density at radius 3 is 2.65 bits per heavy atom. The average molecular weight is 266 g/mol. The second-order valence-corrected chi connectivity index (χ2v) is 4.25. The zero-order chi connectivity index (χ0) is 13.9. The number of aliphatic hydroxyl groups excluding tert-OH is 1. The van der Waals surface area contributed by atoms with Crippen molar-refractivity contribution in [3.05, 3.63) is 71.4 Å². The van der Waals surface area contributed by atoms with Crippen LogP contribution in [-0.2, 0) is 6.61 Å². The molecule has 3 rings (SSSR count). The Kier molecular flexibility index (Phi) is 3.20. The van der Waals surface area contributed by atoms with Gasteiger partial charge in [-0.2, -0.15) is 0 Å². The summed E-state index contributed by atoms with van der Waals surface area (Å²) < 4.78 is 14.7. The molecule has 0 unspecified atom stereocenters. The summed E-state index contributed by atoms with van der Waals surface area (Å²) in [7, 11) is 0. The molecule has 0 aliphatic carbocycles. The second kappa shape index (κ2) is 5.16. The van der Waals surface area contributed by atoms with Crippen molar-refractivity contribution in [2.45, 2.75) is 6.61 Å². The van der Waals surface area contributed by atoms with Crippen molar-refractivity contribution in [1.29, 1.82) is 0 Å². The molecule has 1 aromatic carbocycles. The Labute approximate surface area is 115 Å². The predicted molar refractivity (Wildman–Crippen MR) is 73.5 cm³/mol. The SMILES string of the molecule is OCc1nc2ccccn2c1C#Cc1ccc(F)cc1. The average Bonchev–Trinajstić information content (AvgIpc) is 2.84. The number of halogens is 1. The number of fused-ring (bicyclic) bond motifs is 1. The number of rotatable bonds is 1. The van der Waals surface area contributed by atoms with Gasteiger partial charge >= 0.3 is 0 Å². The van der Waals surface area contributed by atoms with E-state index in [0.29, 0.717) is 17.0 Å². The molecule has 2 aromatic heterocycles. The van der Waals surface area contributed by atoms with Crippen LogP contribution in [0.25, 0.3) is 5.65 Å². The lowest BCUT2D eigenvalue weighted by Crippen LogP contribution is -1.91. The molecule has 1 N–H and O–H groups in total. The van der Waals surface area contributed by atoms with Crippen molar-refractivity contribution < 1.29 is 9.50 Å². The number of hydrogen-bond acceptors (Lipinski definition) is 2. The molecule has 0 bridgehead atoms. The second-order valence-electron chi connectivity index (χ2n) is 4.25. The fraction of sp³-hybridized carbons (Fsp3) is 0.0625. The number of pyridine rings is 1. The Hall–Kier alpha value is -2.64. The van der Waals surface area contributed by atoms with Crippen LogP contribution in [0, 0.1) is 17.7 Å². The highest BCUT2D eigenvalue weighted by Crippen LogP contribution is 2.12. The molecule has 20 heavy (non-hydrogen) atoms. The largest absolute Gasteiger partial charge is 0.390 e. The summed E-state index contributed by atoms with van der Waals surface area (Å²) >= 11 is 0. The quantitative estimate of drug-likeness (QED) is 0.687. The summed E-state index contributed by atoms with van der Waals surface area (Å²) in [5, 5.41) is 9.36. The molecule has 0 spiro atoms. The number of aliphatic hydroxyl groups is 1. The van der Waals surface area contributed by atoms with Crippen LogP contribution in [0.1, 0.15) is 17.0 Å². The van der Waals surface area contributed by atoms with E-state index in [9.17, 15) is 9.50 Å². The van der Waals surface area contributed by atoms with Gasteiger partial charge < -0.3 is 5.11 Å². The summed E-state index contributed by atoms with van der Waals surface area (Å²) in [6.45, 7) is -0.172. The van der Waals surface area contributed by atoms with Gasteiger partial charge in [0.25, 0.3) is 0 Å². The molecule has 0 saturated carbocycles. The molecule has 0 amide bonds. The van der Waals surface area contributed by atoms with Gasteiger partial charge in [0.1, 0.15) is 22.9 Å². The van der Waals surface area contributed by atoms with Crippen molar-refractivity contribution in [3.63, 3.8) is 0 Å². The maximum atomic E-state index is 12.8. The van der Waals surface area contributed by atoms with E-state index < -0.39 is 0 Å². The summed E-state index contributed by atoms with van der Waals surface area (Å²) in [5.74, 6) is 5.65. The fourth-order valence-corrected chi connectivity index (χ4v) is 1.95. The van der Waals surface area contributed by atoms with Crippen molar-refractivity contribution in [2.75, 3.05) is 0 Å². The van der Waals surface area contributed by atoms with E-state index in [1.54, 1.807) is 12.1 Å². The summed E-state index contributed by atoms with van der Waals surface area (Å²) in [4.78, 5) is 4.31. The third kappa shape index (κ3) is 2.27. The lowest BCUT2D eigenvalue weighted by Gasteiger charge is -1.95. The first-order chi connectivity index (χ1) is 9.78. The predicted octanol–water partition coefficient (Wildman–Crippen LogP) is 2.37. The lowest BCUT2D eigenvalue weighted by atomic mass is 10.2. The monoisotopic (exact) mass is 266 g/mol. The van der Waals surface area contributed by atoms with E-state index in [1.807, 2.05) is 28.8 Å². The van der Waals surface area contributed by atoms with Crippen LogP contribution < -0.4 is 0 Å². The third-order valence-electron chi connectivity index (χ3n) is 2.92. The molecule has 0 fully saturated rings. The molecule has 3 nitrogen and oxygen atoms in total. The van der Waals surface area contributed by atoms with Crippen LogP contribution in [-0.4, -0.2) is 14.5 Å². The van der Waals surface area contributed by atoms with Crippen molar-refractivity contribution >= 4 is 5.65 Å². The summed E-state index contributed by atoms with van der Waals surface area (Å²) in [6, 6.07) is 11.6. The van der Waals surface area contributed by atoms with Gasteiger partial charge in [-0.3, -0.25) is 4.40 Å². The molecule has 0 atom stereocenters. The smallest absolute Gasteiger partial charge is 0.138 e. The van der Waals surface area contributed by atoms with Gasteiger partial charge in [-0.25, -0.2) is 9.37 Å². The first-order valence-electron chi connectivity index (χ1n) is 6.12. The van der Waals surface area contributed by atoms with E-state index in [2.05, 4.69) is 16.8 Å². The number of hydrogen-bond donors (Lipinski definition) is 1. The topological polar surface area (TPSA) is 37.5 Å². The maximum absolute atomic E-state index is 12.8. The molecule has 2 heterocycles. The zero-order valence-corrected chi connectivity index (χ0v) is 10.5. The van der Waals surface area contributed by atoms with Gasteiger partial charge in [0, 0.05) is 11.8 Å². The molecule has 0 aliphatic rings. The molecule has 3 aromatic rings. The van der Waals surface area contributed by atoms with E-state index in [-0.39, 0.29) is 12.4 Å². The number of nitrogens with zero attached hydrogens (tertiary/aromatic N) is 2. The minimum absolute atomic E-state index is 0.172. The van der Waals surface area contributed by atoms with Crippen molar-refractivity contribution in [3.8, 4) is 11.8 Å². The first-order valence-corrected chi connectivity index (χ1v) is 6.12. The third-order valence-corrected chi connectivity index (χ3v) is 2.92. The minimum atomic E-state index is -0.290. The zero-order valence-electron chi connectivity index (χ0n) is 10.5. The normalized spacial score (nSPS) is 10.3. The molecule has 98 valence electrons. The Morgan fingerprint density at radius 2 is 1.90 bits per heavy atom. The van der Waals surface area contributed by atoms with Crippen LogP contribution in [0.3, 0.4) is 0 Å². The molecule has 4 heteroatoms. The summed E-state index contributed by atoms with van der Waals surface area (Å²) in [6.07, 6.45) is 1.84. The first kappa shape index (κ1) is 12.4.